The van der Waals surface area contributed by atoms with E-state index in [0.29, 0.717) is 6.42 Å². The Bertz CT molecular complexity index is 335. The molecule has 0 aliphatic carbocycles. The molecule has 1 N–H and O–H groups in total. The average Bonchev–Trinajstić information content (AvgIpc) is 2.83. The number of carbonyl (C=O) groups is 1. The van der Waals surface area contributed by atoms with Crippen LogP contribution in [0.3, 0.4) is 0 Å². The van der Waals surface area contributed by atoms with Crippen LogP contribution in [0.15, 0.2) is 0 Å². The molecule has 0 saturated carbocycles. The van der Waals surface area contributed by atoms with Crippen LogP contribution in [-0.4, -0.2) is 73.7 Å². The first-order valence-corrected chi connectivity index (χ1v) is 8.26. The van der Waals surface area contributed by atoms with Crippen molar-refractivity contribution in [2.45, 2.75) is 39.2 Å². The SMILES string of the molecule is CC(C)(C)NC(=O)CCN1CC[C@@H](CN2CCOCC2)C1. The molecule has 5 nitrogen and oxygen atoms in total. The van der Waals surface area contributed by atoms with Crippen LogP contribution in [0.25, 0.3) is 0 Å². The highest BCUT2D eigenvalue weighted by molar-refractivity contribution is 5.76. The topological polar surface area (TPSA) is 44.8 Å². The van der Waals surface area contributed by atoms with Crippen LogP contribution >= 0.6 is 0 Å². The van der Waals surface area contributed by atoms with Crippen molar-refractivity contribution < 1.29 is 9.53 Å². The summed E-state index contributed by atoms with van der Waals surface area (Å²) in [4.78, 5) is 16.8. The van der Waals surface area contributed by atoms with Crippen molar-refractivity contribution in [2.75, 3.05) is 52.5 Å². The fourth-order valence-corrected chi connectivity index (χ4v) is 3.15. The van der Waals surface area contributed by atoms with Crippen LogP contribution in [-0.2, 0) is 9.53 Å². The van der Waals surface area contributed by atoms with E-state index in [4.69, 9.17) is 4.74 Å². The van der Waals surface area contributed by atoms with Gasteiger partial charge in [0.15, 0.2) is 0 Å². The number of amides is 1. The number of hydrogen-bond acceptors (Lipinski definition) is 4. The number of carbonyl (C=O) groups excluding carboxylic acids is 1. The summed E-state index contributed by atoms with van der Waals surface area (Å²) in [7, 11) is 0. The maximum absolute atomic E-state index is 11.9. The zero-order chi connectivity index (χ0) is 15.3. The predicted molar refractivity (Wildman–Crippen MR) is 84.3 cm³/mol. The van der Waals surface area contributed by atoms with Gasteiger partial charge in [-0.1, -0.05) is 0 Å². The van der Waals surface area contributed by atoms with Gasteiger partial charge in [0.05, 0.1) is 13.2 Å². The van der Waals surface area contributed by atoms with Crippen molar-refractivity contribution in [1.82, 2.24) is 15.1 Å². The van der Waals surface area contributed by atoms with Gasteiger partial charge in [-0.05, 0) is 39.7 Å². The van der Waals surface area contributed by atoms with Gasteiger partial charge in [0.1, 0.15) is 0 Å². The lowest BCUT2D eigenvalue weighted by atomic mass is 10.1. The van der Waals surface area contributed by atoms with E-state index < -0.39 is 0 Å². The highest BCUT2D eigenvalue weighted by Gasteiger charge is 2.25. The maximum atomic E-state index is 11.9. The van der Waals surface area contributed by atoms with Crippen molar-refractivity contribution in [3.63, 3.8) is 0 Å². The number of hydrogen-bond donors (Lipinski definition) is 1. The third kappa shape index (κ3) is 6.32. The van der Waals surface area contributed by atoms with E-state index in [0.717, 1.165) is 51.9 Å². The van der Waals surface area contributed by atoms with Crippen molar-refractivity contribution in [1.29, 1.82) is 0 Å². The molecule has 2 rings (SSSR count). The summed E-state index contributed by atoms with van der Waals surface area (Å²) in [5, 5.41) is 3.03. The molecule has 2 saturated heterocycles. The highest BCUT2D eigenvalue weighted by atomic mass is 16.5. The normalized spacial score (nSPS) is 25.2. The molecule has 2 aliphatic heterocycles. The smallest absolute Gasteiger partial charge is 0.221 e. The van der Waals surface area contributed by atoms with Crippen LogP contribution in [0.5, 0.6) is 0 Å². The first-order chi connectivity index (χ1) is 9.92. The van der Waals surface area contributed by atoms with E-state index >= 15 is 0 Å². The molecule has 0 radical (unpaired) electrons. The van der Waals surface area contributed by atoms with Crippen molar-refractivity contribution >= 4 is 5.91 Å². The van der Waals surface area contributed by atoms with Gasteiger partial charge in [-0.3, -0.25) is 9.69 Å². The summed E-state index contributed by atoms with van der Waals surface area (Å²) in [6.07, 6.45) is 1.87. The number of nitrogens with one attached hydrogen (secondary N) is 1. The molecular formula is C16H31N3O2. The third-order valence-electron chi connectivity index (χ3n) is 4.16. The van der Waals surface area contributed by atoms with Crippen molar-refractivity contribution in [3.8, 4) is 0 Å². The van der Waals surface area contributed by atoms with E-state index in [9.17, 15) is 4.79 Å². The molecule has 5 heteroatoms. The molecule has 1 atom stereocenters. The molecule has 0 aromatic heterocycles. The summed E-state index contributed by atoms with van der Waals surface area (Å²) < 4.78 is 5.39. The van der Waals surface area contributed by atoms with Crippen molar-refractivity contribution in [2.24, 2.45) is 5.92 Å². The molecule has 122 valence electrons. The summed E-state index contributed by atoms with van der Waals surface area (Å²) >= 11 is 0. The van der Waals surface area contributed by atoms with E-state index in [1.54, 1.807) is 0 Å². The van der Waals surface area contributed by atoms with Gasteiger partial charge < -0.3 is 15.0 Å². The Kier molecular flexibility index (Phi) is 6.02. The lowest BCUT2D eigenvalue weighted by Crippen LogP contribution is -2.42. The Balaban J connectivity index is 1.62. The zero-order valence-corrected chi connectivity index (χ0v) is 13.9. The third-order valence-corrected chi connectivity index (χ3v) is 4.16. The fourth-order valence-electron chi connectivity index (χ4n) is 3.15. The summed E-state index contributed by atoms with van der Waals surface area (Å²) in [5.74, 6) is 0.924. The Labute approximate surface area is 129 Å². The van der Waals surface area contributed by atoms with Gasteiger partial charge in [0.2, 0.25) is 5.91 Å². The number of morpholine rings is 1. The number of likely N-dealkylation sites (tertiary alicyclic amines) is 1. The number of rotatable bonds is 5. The second-order valence-electron chi connectivity index (χ2n) is 7.42. The minimum absolute atomic E-state index is 0.124. The van der Waals surface area contributed by atoms with E-state index in [-0.39, 0.29) is 11.4 Å². The molecular weight excluding hydrogens is 266 g/mol. The lowest BCUT2D eigenvalue weighted by Gasteiger charge is -2.29. The van der Waals surface area contributed by atoms with Gasteiger partial charge in [0, 0.05) is 44.7 Å². The second-order valence-corrected chi connectivity index (χ2v) is 7.42. The predicted octanol–water partition coefficient (Wildman–Crippen LogP) is 0.945. The Morgan fingerprint density at radius 2 is 1.90 bits per heavy atom. The summed E-state index contributed by atoms with van der Waals surface area (Å²) in [5.41, 5.74) is -0.124. The highest BCUT2D eigenvalue weighted by Crippen LogP contribution is 2.18. The maximum Gasteiger partial charge on any atom is 0.221 e. The van der Waals surface area contributed by atoms with E-state index in [2.05, 4.69) is 15.1 Å². The monoisotopic (exact) mass is 297 g/mol. The Hall–Kier alpha value is -0.650. The lowest BCUT2D eigenvalue weighted by molar-refractivity contribution is -0.122. The molecule has 2 heterocycles. The number of ether oxygens (including phenoxy) is 1. The minimum Gasteiger partial charge on any atom is -0.379 e. The first kappa shape index (κ1) is 16.7. The number of nitrogens with zero attached hydrogens (tertiary/aromatic N) is 2. The Morgan fingerprint density at radius 1 is 1.19 bits per heavy atom. The quantitative estimate of drug-likeness (QED) is 0.820. The van der Waals surface area contributed by atoms with Gasteiger partial charge >= 0.3 is 0 Å². The summed E-state index contributed by atoms with van der Waals surface area (Å²) in [6, 6.07) is 0. The van der Waals surface area contributed by atoms with Crippen LogP contribution in [0.4, 0.5) is 0 Å². The minimum atomic E-state index is -0.124. The molecule has 0 unspecified atom stereocenters. The van der Waals surface area contributed by atoms with Crippen LogP contribution in [0.2, 0.25) is 0 Å². The molecule has 1 amide bonds. The van der Waals surface area contributed by atoms with E-state index in [1.807, 2.05) is 20.8 Å². The van der Waals surface area contributed by atoms with Gasteiger partial charge in [-0.25, -0.2) is 0 Å². The largest absolute Gasteiger partial charge is 0.379 e. The molecule has 21 heavy (non-hydrogen) atoms. The van der Waals surface area contributed by atoms with Gasteiger partial charge in [-0.15, -0.1) is 0 Å². The van der Waals surface area contributed by atoms with Crippen molar-refractivity contribution in [3.05, 3.63) is 0 Å². The zero-order valence-electron chi connectivity index (χ0n) is 13.9. The van der Waals surface area contributed by atoms with Gasteiger partial charge in [-0.2, -0.15) is 0 Å². The molecule has 0 spiro atoms. The van der Waals surface area contributed by atoms with Gasteiger partial charge in [0.25, 0.3) is 0 Å². The second kappa shape index (κ2) is 7.56. The van der Waals surface area contributed by atoms with Crippen LogP contribution in [0, 0.1) is 5.92 Å². The van der Waals surface area contributed by atoms with Crippen LogP contribution in [0.1, 0.15) is 33.6 Å². The molecule has 0 bridgehead atoms. The molecule has 2 aliphatic rings. The molecule has 0 aromatic rings. The Morgan fingerprint density at radius 3 is 2.57 bits per heavy atom. The standard InChI is InChI=1S/C16H31N3O2/c1-16(2,3)17-15(20)5-7-18-6-4-14(12-18)13-19-8-10-21-11-9-19/h14H,4-13H2,1-3H3,(H,17,20)/t14-/m1/s1. The van der Waals surface area contributed by atoms with Crippen LogP contribution < -0.4 is 5.32 Å². The fraction of sp³-hybridized carbons (Fsp3) is 0.938. The molecule has 0 aromatic carbocycles. The molecule has 2 fully saturated rings. The first-order valence-electron chi connectivity index (χ1n) is 8.26. The average molecular weight is 297 g/mol. The summed E-state index contributed by atoms with van der Waals surface area (Å²) in [6.45, 7) is 14.3. The van der Waals surface area contributed by atoms with E-state index in [1.165, 1.54) is 13.0 Å².